The summed E-state index contributed by atoms with van der Waals surface area (Å²) in [5.74, 6) is -0.131. The van der Waals surface area contributed by atoms with Crippen LogP contribution in [0, 0.1) is 0 Å². The van der Waals surface area contributed by atoms with Crippen molar-refractivity contribution in [2.75, 3.05) is 27.7 Å². The van der Waals surface area contributed by atoms with Gasteiger partial charge in [-0.3, -0.25) is 4.79 Å². The summed E-state index contributed by atoms with van der Waals surface area (Å²) in [6.07, 6.45) is 1.65. The van der Waals surface area contributed by atoms with Crippen molar-refractivity contribution in [1.29, 1.82) is 0 Å². The van der Waals surface area contributed by atoms with Crippen LogP contribution in [0.1, 0.15) is 34.8 Å². The zero-order valence-electron chi connectivity index (χ0n) is 16.9. The number of rotatable bonds is 9. The van der Waals surface area contributed by atoms with E-state index in [1.54, 1.807) is 6.07 Å². The molecule has 0 radical (unpaired) electrons. The molecule has 8 heteroatoms. The second kappa shape index (κ2) is 8.94. The first-order chi connectivity index (χ1) is 13.8. The number of likely N-dealkylation sites (N-methyl/N-ethyl adjacent to an activating group) is 1. The predicted molar refractivity (Wildman–Crippen MR) is 112 cm³/mol. The zero-order chi connectivity index (χ0) is 21.0. The van der Waals surface area contributed by atoms with Crippen molar-refractivity contribution in [3.63, 3.8) is 0 Å². The van der Waals surface area contributed by atoms with Gasteiger partial charge in [0.25, 0.3) is 5.91 Å². The average molecular weight is 418 g/mol. The van der Waals surface area contributed by atoms with Crippen molar-refractivity contribution in [3.8, 4) is 5.75 Å². The Labute approximate surface area is 172 Å². The van der Waals surface area contributed by atoms with E-state index >= 15 is 0 Å². The topological polar surface area (TPSA) is 87.7 Å². The molecule has 1 amide bonds. The molecule has 0 heterocycles. The summed E-state index contributed by atoms with van der Waals surface area (Å²) >= 11 is 0. The monoisotopic (exact) mass is 417 g/mol. The molecule has 0 bridgehead atoms. The fourth-order valence-electron chi connectivity index (χ4n) is 3.04. The summed E-state index contributed by atoms with van der Waals surface area (Å²) < 4.78 is 33.2. The van der Waals surface area contributed by atoms with E-state index in [1.807, 2.05) is 49.3 Å². The summed E-state index contributed by atoms with van der Waals surface area (Å²) in [5, 5.41) is 3.01. The van der Waals surface area contributed by atoms with Crippen molar-refractivity contribution in [1.82, 2.24) is 14.9 Å². The van der Waals surface area contributed by atoms with Gasteiger partial charge < -0.3 is 15.0 Å². The number of sulfonamides is 1. The Morgan fingerprint density at radius 3 is 2.45 bits per heavy atom. The van der Waals surface area contributed by atoms with Gasteiger partial charge in [0.2, 0.25) is 10.0 Å². The molecular weight excluding hydrogens is 390 g/mol. The lowest BCUT2D eigenvalue weighted by molar-refractivity contribution is 0.0929. The van der Waals surface area contributed by atoms with Crippen LogP contribution in [0.25, 0.3) is 0 Å². The van der Waals surface area contributed by atoms with E-state index < -0.39 is 10.0 Å². The Balaban J connectivity index is 1.86. The minimum atomic E-state index is -3.76. The maximum absolute atomic E-state index is 12.9. The Bertz CT molecular complexity index is 957. The molecule has 2 aromatic rings. The van der Waals surface area contributed by atoms with E-state index in [4.69, 9.17) is 4.74 Å². The standard InChI is InChI=1S/C21H27N3O4S/c1-24(2)14-18(15-7-5-4-6-8-15)22-21(25)16-9-12-19(28-3)20(13-16)29(26,27)23-17-10-11-17/h4-9,12-13,17-18,23H,10-11,14H2,1-3H3,(H,22,25)/t18-/m1/s1. The lowest BCUT2D eigenvalue weighted by Crippen LogP contribution is -2.35. The van der Waals surface area contributed by atoms with Gasteiger partial charge in [0.05, 0.1) is 13.2 Å². The first-order valence-electron chi connectivity index (χ1n) is 9.51. The number of nitrogens with one attached hydrogen (secondary N) is 2. The Morgan fingerprint density at radius 1 is 1.17 bits per heavy atom. The number of amides is 1. The number of methoxy groups -OCH3 is 1. The summed E-state index contributed by atoms with van der Waals surface area (Å²) in [6.45, 7) is 0.611. The zero-order valence-corrected chi connectivity index (χ0v) is 17.7. The minimum Gasteiger partial charge on any atom is -0.495 e. The third-order valence-corrected chi connectivity index (χ3v) is 6.21. The average Bonchev–Trinajstić information content (AvgIpc) is 3.50. The normalized spacial score (nSPS) is 15.2. The van der Waals surface area contributed by atoms with Gasteiger partial charge >= 0.3 is 0 Å². The molecule has 1 saturated carbocycles. The second-order valence-corrected chi connectivity index (χ2v) is 9.14. The van der Waals surface area contributed by atoms with E-state index in [0.717, 1.165) is 18.4 Å². The molecule has 0 spiro atoms. The van der Waals surface area contributed by atoms with Crippen LogP contribution in [0.15, 0.2) is 53.4 Å². The van der Waals surface area contributed by atoms with Gasteiger partial charge in [-0.2, -0.15) is 0 Å². The molecule has 2 N–H and O–H groups in total. The van der Waals surface area contributed by atoms with Crippen LogP contribution < -0.4 is 14.8 Å². The first-order valence-corrected chi connectivity index (χ1v) is 11.0. The molecule has 1 atom stereocenters. The van der Waals surface area contributed by atoms with Gasteiger partial charge in [0.1, 0.15) is 10.6 Å². The molecule has 1 fully saturated rings. The smallest absolute Gasteiger partial charge is 0.251 e. The second-order valence-electron chi connectivity index (χ2n) is 7.46. The van der Waals surface area contributed by atoms with Crippen LogP contribution in [0.2, 0.25) is 0 Å². The molecule has 0 unspecified atom stereocenters. The molecule has 156 valence electrons. The maximum atomic E-state index is 12.9. The fourth-order valence-corrected chi connectivity index (χ4v) is 4.54. The maximum Gasteiger partial charge on any atom is 0.251 e. The SMILES string of the molecule is COc1ccc(C(=O)N[C@H](CN(C)C)c2ccccc2)cc1S(=O)(=O)NC1CC1. The van der Waals surface area contributed by atoms with E-state index in [9.17, 15) is 13.2 Å². The van der Waals surface area contributed by atoms with E-state index in [-0.39, 0.29) is 34.2 Å². The third-order valence-electron chi connectivity index (χ3n) is 4.67. The number of hydrogen-bond donors (Lipinski definition) is 2. The lowest BCUT2D eigenvalue weighted by Gasteiger charge is -2.23. The number of carbonyl (C=O) groups excluding carboxylic acids is 1. The number of ether oxygens (including phenoxy) is 1. The van der Waals surface area contributed by atoms with Crippen LogP contribution in [0.4, 0.5) is 0 Å². The molecule has 7 nitrogen and oxygen atoms in total. The first kappa shape index (κ1) is 21.3. The van der Waals surface area contributed by atoms with Gasteiger partial charge in [-0.25, -0.2) is 13.1 Å². The van der Waals surface area contributed by atoms with Gasteiger partial charge in [-0.05, 0) is 50.7 Å². The molecule has 0 aliphatic heterocycles. The molecule has 3 rings (SSSR count). The summed E-state index contributed by atoms with van der Waals surface area (Å²) in [4.78, 5) is 14.9. The highest BCUT2D eigenvalue weighted by Gasteiger charge is 2.30. The van der Waals surface area contributed by atoms with Gasteiger partial charge in [-0.15, -0.1) is 0 Å². The van der Waals surface area contributed by atoms with Gasteiger partial charge in [0, 0.05) is 18.2 Å². The molecule has 2 aromatic carbocycles. The van der Waals surface area contributed by atoms with Crippen molar-refractivity contribution in [2.45, 2.75) is 29.8 Å². The predicted octanol–water partition coefficient (Wildman–Crippen LogP) is 2.17. The highest BCUT2D eigenvalue weighted by Crippen LogP contribution is 2.28. The van der Waals surface area contributed by atoms with E-state index in [0.29, 0.717) is 6.54 Å². The highest BCUT2D eigenvalue weighted by atomic mass is 32.2. The van der Waals surface area contributed by atoms with E-state index in [2.05, 4.69) is 10.0 Å². The molecule has 1 aliphatic carbocycles. The highest BCUT2D eigenvalue weighted by molar-refractivity contribution is 7.89. The summed E-state index contributed by atoms with van der Waals surface area (Å²) in [5.41, 5.74) is 1.24. The van der Waals surface area contributed by atoms with Gasteiger partial charge in [0.15, 0.2) is 0 Å². The minimum absolute atomic E-state index is 0.0246. The molecule has 29 heavy (non-hydrogen) atoms. The Kier molecular flexibility index (Phi) is 6.56. The van der Waals surface area contributed by atoms with Crippen molar-refractivity contribution in [3.05, 3.63) is 59.7 Å². The summed E-state index contributed by atoms with van der Waals surface area (Å²) in [7, 11) is 1.52. The fraction of sp³-hybridized carbons (Fsp3) is 0.381. The molecule has 0 saturated heterocycles. The van der Waals surface area contributed by atoms with Crippen LogP contribution >= 0.6 is 0 Å². The molecule has 1 aliphatic rings. The number of hydrogen-bond acceptors (Lipinski definition) is 5. The molecular formula is C21H27N3O4S. The van der Waals surface area contributed by atoms with Crippen LogP contribution in [0.3, 0.4) is 0 Å². The van der Waals surface area contributed by atoms with Crippen molar-refractivity contribution >= 4 is 15.9 Å². The Morgan fingerprint density at radius 2 is 1.86 bits per heavy atom. The quantitative estimate of drug-likeness (QED) is 0.653. The van der Waals surface area contributed by atoms with E-state index in [1.165, 1.54) is 19.2 Å². The van der Waals surface area contributed by atoms with Crippen LogP contribution in [-0.4, -0.2) is 53.0 Å². The number of carbonyl (C=O) groups is 1. The number of benzene rings is 2. The Hall–Kier alpha value is -2.42. The molecule has 0 aromatic heterocycles. The lowest BCUT2D eigenvalue weighted by atomic mass is 10.1. The summed E-state index contributed by atoms with van der Waals surface area (Å²) in [6, 6.07) is 13.9. The number of nitrogens with zero attached hydrogens (tertiary/aromatic N) is 1. The van der Waals surface area contributed by atoms with Crippen molar-refractivity contribution < 1.29 is 17.9 Å². The third kappa shape index (κ3) is 5.56. The van der Waals surface area contributed by atoms with Crippen LogP contribution in [-0.2, 0) is 10.0 Å². The van der Waals surface area contributed by atoms with Crippen molar-refractivity contribution in [2.24, 2.45) is 0 Å². The van der Waals surface area contributed by atoms with Gasteiger partial charge in [-0.1, -0.05) is 30.3 Å². The largest absolute Gasteiger partial charge is 0.495 e. The van der Waals surface area contributed by atoms with Crippen LogP contribution in [0.5, 0.6) is 5.75 Å².